The third-order valence-electron chi connectivity index (χ3n) is 6.14. The number of aliphatic carboxylic acids is 1. The lowest BCUT2D eigenvalue weighted by atomic mass is 9.88. The standard InChI is InChI=1S/C25H26ClFN2O5/c1-33-10-9-28(24(30)15-34-19-4-2-3-16(26)11-19)18-6-8-23-21(13-18)20-12-17(27)5-7-22(20)29(23)14-25(31)32/h2-5,7,11-13,18,23H,6,8-10,14-15H2,1H3,(H,31,32)/t18-,23?/m0/s1. The molecule has 9 heteroatoms. The Balaban J connectivity index is 1.58. The maximum Gasteiger partial charge on any atom is 0.323 e. The quantitative estimate of drug-likeness (QED) is 0.577. The summed E-state index contributed by atoms with van der Waals surface area (Å²) in [7, 11) is 1.57. The van der Waals surface area contributed by atoms with E-state index in [4.69, 9.17) is 21.1 Å². The van der Waals surface area contributed by atoms with Crippen molar-refractivity contribution in [2.24, 2.45) is 0 Å². The lowest BCUT2D eigenvalue weighted by Crippen LogP contribution is -2.47. The molecule has 0 bridgehead atoms. The second kappa shape index (κ2) is 10.4. The van der Waals surface area contributed by atoms with Crippen LogP contribution in [0, 0.1) is 5.82 Å². The SMILES string of the molecule is COCCN(C(=O)COc1cccc(Cl)c1)[C@@H]1C=C2c3cc(F)ccc3N(CC(=O)O)C2CC1. The molecule has 0 aromatic heterocycles. The Labute approximate surface area is 202 Å². The second-order valence-corrected chi connectivity index (χ2v) is 8.73. The van der Waals surface area contributed by atoms with Gasteiger partial charge in [0.1, 0.15) is 18.1 Å². The minimum atomic E-state index is -0.950. The van der Waals surface area contributed by atoms with Gasteiger partial charge in [-0.25, -0.2) is 4.39 Å². The van der Waals surface area contributed by atoms with Crippen LogP contribution >= 0.6 is 11.6 Å². The van der Waals surface area contributed by atoms with Gasteiger partial charge in [0.2, 0.25) is 0 Å². The summed E-state index contributed by atoms with van der Waals surface area (Å²) in [5.41, 5.74) is 2.21. The third-order valence-corrected chi connectivity index (χ3v) is 6.38. The molecule has 4 rings (SSSR count). The van der Waals surface area contributed by atoms with Gasteiger partial charge in [0, 0.05) is 29.9 Å². The zero-order valence-corrected chi connectivity index (χ0v) is 19.5. The van der Waals surface area contributed by atoms with Gasteiger partial charge < -0.3 is 24.4 Å². The summed E-state index contributed by atoms with van der Waals surface area (Å²) in [6.45, 7) is 0.374. The number of halogens is 2. The minimum Gasteiger partial charge on any atom is -0.484 e. The van der Waals surface area contributed by atoms with Crippen LogP contribution in [0.4, 0.5) is 10.1 Å². The summed E-state index contributed by atoms with van der Waals surface area (Å²) >= 11 is 5.99. The number of nitrogens with zero attached hydrogens (tertiary/aromatic N) is 2. The van der Waals surface area contributed by atoms with E-state index in [1.807, 2.05) is 6.08 Å². The normalized spacial score (nSPS) is 18.7. The van der Waals surface area contributed by atoms with Gasteiger partial charge in [-0.3, -0.25) is 9.59 Å². The number of carbonyl (C=O) groups is 2. The molecule has 0 saturated heterocycles. The third kappa shape index (κ3) is 5.18. The van der Waals surface area contributed by atoms with Crippen molar-refractivity contribution in [2.45, 2.75) is 24.9 Å². The first-order valence-electron chi connectivity index (χ1n) is 11.0. The highest BCUT2D eigenvalue weighted by molar-refractivity contribution is 6.30. The minimum absolute atomic E-state index is 0.163. The lowest BCUT2D eigenvalue weighted by molar-refractivity contribution is -0.136. The van der Waals surface area contributed by atoms with Gasteiger partial charge in [-0.15, -0.1) is 0 Å². The topological polar surface area (TPSA) is 79.3 Å². The monoisotopic (exact) mass is 488 g/mol. The number of fused-ring (bicyclic) bond motifs is 3. The van der Waals surface area contributed by atoms with E-state index >= 15 is 0 Å². The number of carbonyl (C=O) groups excluding carboxylic acids is 1. The molecule has 0 saturated carbocycles. The fraction of sp³-hybridized carbons (Fsp3) is 0.360. The fourth-order valence-corrected chi connectivity index (χ4v) is 4.85. The van der Waals surface area contributed by atoms with E-state index in [0.717, 1.165) is 5.57 Å². The van der Waals surface area contributed by atoms with Gasteiger partial charge in [0.15, 0.2) is 6.61 Å². The Morgan fingerprint density at radius 3 is 2.79 bits per heavy atom. The summed E-state index contributed by atoms with van der Waals surface area (Å²) in [5, 5.41) is 9.92. The molecule has 2 aromatic rings. The van der Waals surface area contributed by atoms with Crippen molar-refractivity contribution in [3.8, 4) is 5.75 Å². The van der Waals surface area contributed by atoms with Crippen LogP contribution in [0.15, 0.2) is 48.5 Å². The van der Waals surface area contributed by atoms with Gasteiger partial charge in [-0.05, 0) is 54.8 Å². The van der Waals surface area contributed by atoms with Crippen molar-refractivity contribution in [1.82, 2.24) is 4.90 Å². The first-order valence-corrected chi connectivity index (χ1v) is 11.4. The molecule has 2 atom stereocenters. The van der Waals surface area contributed by atoms with E-state index in [1.165, 1.54) is 12.1 Å². The van der Waals surface area contributed by atoms with Crippen molar-refractivity contribution < 1.29 is 28.6 Å². The van der Waals surface area contributed by atoms with E-state index in [1.54, 1.807) is 47.2 Å². The zero-order valence-electron chi connectivity index (χ0n) is 18.7. The van der Waals surface area contributed by atoms with Gasteiger partial charge in [0.05, 0.1) is 18.7 Å². The van der Waals surface area contributed by atoms with E-state index in [0.29, 0.717) is 48.0 Å². The first-order chi connectivity index (χ1) is 16.4. The van der Waals surface area contributed by atoms with Crippen LogP contribution in [-0.2, 0) is 14.3 Å². The Hall–Kier alpha value is -3.10. The van der Waals surface area contributed by atoms with E-state index < -0.39 is 5.97 Å². The predicted octanol–water partition coefficient (Wildman–Crippen LogP) is 3.85. The molecule has 0 radical (unpaired) electrons. The molecule has 0 fully saturated rings. The Morgan fingerprint density at radius 1 is 1.24 bits per heavy atom. The van der Waals surface area contributed by atoms with Crippen molar-refractivity contribution in [2.75, 3.05) is 38.3 Å². The molecule has 1 aliphatic carbocycles. The molecule has 2 aliphatic rings. The fourth-order valence-electron chi connectivity index (χ4n) is 4.67. The maximum absolute atomic E-state index is 14.1. The summed E-state index contributed by atoms with van der Waals surface area (Å²) in [6, 6.07) is 10.8. The summed E-state index contributed by atoms with van der Waals surface area (Å²) in [5.74, 6) is -1.05. The second-order valence-electron chi connectivity index (χ2n) is 8.29. The van der Waals surface area contributed by atoms with Crippen LogP contribution in [0.1, 0.15) is 18.4 Å². The molecular formula is C25H26ClFN2O5. The number of carboxylic acids is 1. The van der Waals surface area contributed by atoms with Gasteiger partial charge >= 0.3 is 5.97 Å². The van der Waals surface area contributed by atoms with Crippen LogP contribution in [-0.4, -0.2) is 67.4 Å². The van der Waals surface area contributed by atoms with Gasteiger partial charge in [-0.2, -0.15) is 0 Å². The number of hydrogen-bond donors (Lipinski definition) is 1. The largest absolute Gasteiger partial charge is 0.484 e. The molecule has 1 heterocycles. The maximum atomic E-state index is 14.1. The van der Waals surface area contributed by atoms with E-state index in [2.05, 4.69) is 0 Å². The van der Waals surface area contributed by atoms with Crippen molar-refractivity contribution in [3.63, 3.8) is 0 Å². The zero-order chi connectivity index (χ0) is 24.2. The van der Waals surface area contributed by atoms with Crippen LogP contribution in [0.2, 0.25) is 5.02 Å². The molecule has 34 heavy (non-hydrogen) atoms. The molecule has 1 N–H and O–H groups in total. The highest BCUT2D eigenvalue weighted by Crippen LogP contribution is 2.45. The van der Waals surface area contributed by atoms with Crippen molar-refractivity contribution >= 4 is 34.7 Å². The number of ether oxygens (including phenoxy) is 2. The average Bonchev–Trinajstić information content (AvgIpc) is 3.09. The number of anilines is 1. The molecule has 180 valence electrons. The Morgan fingerprint density at radius 2 is 2.06 bits per heavy atom. The lowest BCUT2D eigenvalue weighted by Gasteiger charge is -2.36. The number of benzene rings is 2. The highest BCUT2D eigenvalue weighted by Gasteiger charge is 2.39. The van der Waals surface area contributed by atoms with E-state index in [-0.39, 0.29) is 37.0 Å². The summed E-state index contributed by atoms with van der Waals surface area (Å²) in [4.78, 5) is 28.1. The Bertz CT molecular complexity index is 1110. The predicted molar refractivity (Wildman–Crippen MR) is 127 cm³/mol. The number of amides is 1. The van der Waals surface area contributed by atoms with Crippen LogP contribution in [0.5, 0.6) is 5.75 Å². The number of hydrogen-bond acceptors (Lipinski definition) is 5. The molecule has 7 nitrogen and oxygen atoms in total. The average molecular weight is 489 g/mol. The van der Waals surface area contributed by atoms with Gasteiger partial charge in [0.25, 0.3) is 5.91 Å². The van der Waals surface area contributed by atoms with Crippen molar-refractivity contribution in [3.05, 3.63) is 64.9 Å². The smallest absolute Gasteiger partial charge is 0.323 e. The van der Waals surface area contributed by atoms with Crippen LogP contribution in [0.25, 0.3) is 5.57 Å². The van der Waals surface area contributed by atoms with Crippen LogP contribution in [0.3, 0.4) is 0 Å². The Kier molecular flexibility index (Phi) is 7.38. The number of rotatable bonds is 9. The highest BCUT2D eigenvalue weighted by atomic mass is 35.5. The molecule has 1 amide bonds. The molecule has 0 spiro atoms. The molecule has 1 unspecified atom stereocenters. The summed E-state index contributed by atoms with van der Waals surface area (Å²) in [6.07, 6.45) is 3.22. The first kappa shape index (κ1) is 24.0. The molecule has 2 aromatic carbocycles. The number of carboxylic acid groups (broad SMARTS) is 1. The number of methoxy groups -OCH3 is 1. The summed E-state index contributed by atoms with van der Waals surface area (Å²) < 4.78 is 25.0. The van der Waals surface area contributed by atoms with E-state index in [9.17, 15) is 19.1 Å². The van der Waals surface area contributed by atoms with Crippen LogP contribution < -0.4 is 9.64 Å². The van der Waals surface area contributed by atoms with Crippen molar-refractivity contribution in [1.29, 1.82) is 0 Å². The van der Waals surface area contributed by atoms with Gasteiger partial charge in [-0.1, -0.05) is 23.7 Å². The molecule has 1 aliphatic heterocycles. The molecular weight excluding hydrogens is 463 g/mol.